The Hall–Kier alpha value is -2.03. The maximum Gasteiger partial charge on any atom is 0.266 e. The van der Waals surface area contributed by atoms with E-state index in [1.807, 2.05) is 23.6 Å². The first kappa shape index (κ1) is 19.3. The number of thiazole rings is 1. The summed E-state index contributed by atoms with van der Waals surface area (Å²) in [6.07, 6.45) is 3.30. The first-order valence-electron chi connectivity index (χ1n) is 9.46. The van der Waals surface area contributed by atoms with E-state index < -0.39 is 16.1 Å². The highest BCUT2D eigenvalue weighted by Crippen LogP contribution is 2.28. The first-order valence-corrected chi connectivity index (χ1v) is 12.1. The predicted molar refractivity (Wildman–Crippen MR) is 113 cm³/mol. The van der Waals surface area contributed by atoms with Crippen molar-refractivity contribution in [3.05, 3.63) is 41.2 Å². The number of benzene rings is 2. The molecule has 1 aromatic heterocycles. The van der Waals surface area contributed by atoms with Gasteiger partial charge in [-0.1, -0.05) is 48.1 Å². The molecule has 1 unspecified atom stereocenters. The van der Waals surface area contributed by atoms with Gasteiger partial charge >= 0.3 is 0 Å². The van der Waals surface area contributed by atoms with E-state index in [4.69, 9.17) is 0 Å². The van der Waals surface area contributed by atoms with Crippen LogP contribution in [0.2, 0.25) is 0 Å². The van der Waals surface area contributed by atoms with E-state index >= 15 is 0 Å². The molecule has 3 aromatic rings. The molecule has 0 aliphatic carbocycles. The normalized spacial score (nSPS) is 19.5. The average Bonchev–Trinajstić information content (AvgIpc) is 3.04. The van der Waals surface area contributed by atoms with Crippen molar-refractivity contribution in [1.29, 1.82) is 0 Å². The van der Waals surface area contributed by atoms with Gasteiger partial charge in [0.05, 0.1) is 16.5 Å². The highest BCUT2D eigenvalue weighted by molar-refractivity contribution is 7.88. The zero-order valence-electron chi connectivity index (χ0n) is 16.0. The molecule has 1 atom stereocenters. The second kappa shape index (κ2) is 7.42. The molecule has 1 fully saturated rings. The van der Waals surface area contributed by atoms with Crippen molar-refractivity contribution in [2.75, 3.05) is 12.8 Å². The highest BCUT2D eigenvalue weighted by Gasteiger charge is 2.34. The van der Waals surface area contributed by atoms with Gasteiger partial charge in [0.25, 0.3) is 5.91 Å². The van der Waals surface area contributed by atoms with Crippen molar-refractivity contribution in [3.63, 3.8) is 0 Å². The molecule has 1 aliphatic rings. The Labute approximate surface area is 168 Å². The molecule has 2 aromatic carbocycles. The molecule has 148 valence electrons. The molecule has 6 nitrogen and oxygen atoms in total. The summed E-state index contributed by atoms with van der Waals surface area (Å²) in [6, 6.07) is 11.6. The largest absolute Gasteiger partial charge is 0.317 e. The van der Waals surface area contributed by atoms with Crippen molar-refractivity contribution >= 4 is 48.3 Å². The Morgan fingerprint density at radius 1 is 1.21 bits per heavy atom. The van der Waals surface area contributed by atoms with Crippen molar-refractivity contribution in [3.8, 4) is 0 Å². The topological polar surface area (TPSA) is 71.7 Å². The number of hydrogen-bond donors (Lipinski definition) is 0. The monoisotopic (exact) mass is 417 g/mol. The van der Waals surface area contributed by atoms with Crippen molar-refractivity contribution < 1.29 is 13.2 Å². The zero-order chi connectivity index (χ0) is 19.9. The van der Waals surface area contributed by atoms with Crippen molar-refractivity contribution in [2.45, 2.75) is 38.8 Å². The maximum absolute atomic E-state index is 13.0. The van der Waals surface area contributed by atoms with Crippen LogP contribution in [0.25, 0.3) is 21.0 Å². The number of aromatic nitrogens is 1. The Morgan fingerprint density at radius 2 is 2.00 bits per heavy atom. The van der Waals surface area contributed by atoms with Gasteiger partial charge in [-0.05, 0) is 31.2 Å². The van der Waals surface area contributed by atoms with Gasteiger partial charge in [0.2, 0.25) is 10.0 Å². The van der Waals surface area contributed by atoms with Crippen LogP contribution in [-0.2, 0) is 21.4 Å². The van der Waals surface area contributed by atoms with Crippen LogP contribution in [0.3, 0.4) is 0 Å². The van der Waals surface area contributed by atoms with E-state index in [-0.39, 0.29) is 5.91 Å². The van der Waals surface area contributed by atoms with Crippen LogP contribution in [-0.4, -0.2) is 42.0 Å². The Bertz CT molecular complexity index is 1220. The number of carbonyl (C=O) groups is 1. The van der Waals surface area contributed by atoms with Crippen LogP contribution in [0.4, 0.5) is 0 Å². The fourth-order valence-electron chi connectivity index (χ4n) is 3.91. The summed E-state index contributed by atoms with van der Waals surface area (Å²) in [6.45, 7) is 3.09. The van der Waals surface area contributed by atoms with Crippen LogP contribution in [0, 0.1) is 0 Å². The lowest BCUT2D eigenvalue weighted by Crippen LogP contribution is -2.47. The number of rotatable bonds is 3. The molecule has 28 heavy (non-hydrogen) atoms. The Balaban J connectivity index is 1.84. The third-order valence-electron chi connectivity index (χ3n) is 5.26. The molecular weight excluding hydrogens is 394 g/mol. The molecule has 0 spiro atoms. The third-order valence-corrected chi connectivity index (χ3v) is 7.68. The van der Waals surface area contributed by atoms with Gasteiger partial charge in [-0.15, -0.1) is 0 Å². The minimum atomic E-state index is -3.43. The van der Waals surface area contributed by atoms with Crippen LogP contribution in [0.1, 0.15) is 26.2 Å². The fraction of sp³-hybridized carbons (Fsp3) is 0.400. The number of aryl methyl sites for hydroxylation is 1. The summed E-state index contributed by atoms with van der Waals surface area (Å²) < 4.78 is 28.6. The van der Waals surface area contributed by atoms with Crippen molar-refractivity contribution in [2.24, 2.45) is 4.99 Å². The molecule has 0 bridgehead atoms. The highest BCUT2D eigenvalue weighted by atomic mass is 32.2. The lowest BCUT2D eigenvalue weighted by atomic mass is 10.0. The van der Waals surface area contributed by atoms with Gasteiger partial charge < -0.3 is 4.57 Å². The Morgan fingerprint density at radius 3 is 2.75 bits per heavy atom. The quantitative estimate of drug-likeness (QED) is 0.657. The van der Waals surface area contributed by atoms with Crippen LogP contribution >= 0.6 is 11.3 Å². The molecule has 8 heteroatoms. The van der Waals surface area contributed by atoms with Gasteiger partial charge in [-0.3, -0.25) is 4.79 Å². The third kappa shape index (κ3) is 3.40. The van der Waals surface area contributed by atoms with E-state index in [0.717, 1.165) is 40.1 Å². The van der Waals surface area contributed by atoms with Crippen LogP contribution < -0.4 is 4.80 Å². The minimum absolute atomic E-state index is 0.372. The maximum atomic E-state index is 13.0. The fourth-order valence-corrected chi connectivity index (χ4v) is 6.26. The minimum Gasteiger partial charge on any atom is -0.317 e. The SMILES string of the molecule is CCn1c(=NC(=O)C2CCCCN2S(C)(=O)=O)sc2c3ccccc3ccc21. The summed E-state index contributed by atoms with van der Waals surface area (Å²) in [5, 5.41) is 2.28. The van der Waals surface area contributed by atoms with Gasteiger partial charge in [-0.2, -0.15) is 9.30 Å². The van der Waals surface area contributed by atoms with E-state index in [9.17, 15) is 13.2 Å². The van der Waals surface area contributed by atoms with E-state index in [1.54, 1.807) is 0 Å². The molecular formula is C20H23N3O3S2. The summed E-state index contributed by atoms with van der Waals surface area (Å²) in [5.41, 5.74) is 1.04. The van der Waals surface area contributed by atoms with Crippen LogP contribution in [0.15, 0.2) is 41.4 Å². The number of piperidine rings is 1. The average molecular weight is 418 g/mol. The van der Waals surface area contributed by atoms with E-state index in [0.29, 0.717) is 24.3 Å². The standard InChI is InChI=1S/C20H23N3O3S2/c1-3-22-16-12-11-14-8-4-5-9-15(14)18(16)27-20(22)21-19(24)17-10-6-7-13-23(17)28(2,25)26/h4-5,8-9,11-12,17H,3,6-7,10,13H2,1-2H3. The second-order valence-electron chi connectivity index (χ2n) is 7.10. The smallest absolute Gasteiger partial charge is 0.266 e. The molecule has 0 saturated carbocycles. The van der Waals surface area contributed by atoms with E-state index in [1.165, 1.54) is 15.6 Å². The lowest BCUT2D eigenvalue weighted by Gasteiger charge is -2.31. The molecule has 0 N–H and O–H groups in total. The summed E-state index contributed by atoms with van der Waals surface area (Å²) >= 11 is 1.49. The summed E-state index contributed by atoms with van der Waals surface area (Å²) in [5.74, 6) is -0.372. The molecule has 1 saturated heterocycles. The molecule has 0 radical (unpaired) electrons. The molecule has 1 aliphatic heterocycles. The molecule has 2 heterocycles. The Kier molecular flexibility index (Phi) is 5.11. The van der Waals surface area contributed by atoms with Gasteiger partial charge in [0.15, 0.2) is 4.80 Å². The number of carbonyl (C=O) groups excluding carboxylic acids is 1. The number of amides is 1. The zero-order valence-corrected chi connectivity index (χ0v) is 17.6. The number of sulfonamides is 1. The van der Waals surface area contributed by atoms with Gasteiger partial charge in [-0.25, -0.2) is 8.42 Å². The second-order valence-corrected chi connectivity index (χ2v) is 10.0. The summed E-state index contributed by atoms with van der Waals surface area (Å²) in [4.78, 5) is 18.0. The van der Waals surface area contributed by atoms with Crippen LogP contribution in [0.5, 0.6) is 0 Å². The first-order chi connectivity index (χ1) is 13.4. The number of hydrogen-bond acceptors (Lipinski definition) is 4. The molecule has 1 amide bonds. The molecule has 4 rings (SSSR count). The van der Waals surface area contributed by atoms with Gasteiger partial charge in [0, 0.05) is 18.5 Å². The number of fused-ring (bicyclic) bond motifs is 3. The van der Waals surface area contributed by atoms with E-state index in [2.05, 4.69) is 29.3 Å². The lowest BCUT2D eigenvalue weighted by molar-refractivity contribution is -0.122. The van der Waals surface area contributed by atoms with Crippen molar-refractivity contribution in [1.82, 2.24) is 8.87 Å². The predicted octanol–water partition coefficient (Wildman–Crippen LogP) is 3.12. The van der Waals surface area contributed by atoms with Gasteiger partial charge in [0.1, 0.15) is 6.04 Å². The summed E-state index contributed by atoms with van der Waals surface area (Å²) in [7, 11) is -3.43. The number of nitrogens with zero attached hydrogens (tertiary/aromatic N) is 3.